The minimum Gasteiger partial charge on any atom is -0.487 e. The Balaban J connectivity index is 1.47. The summed E-state index contributed by atoms with van der Waals surface area (Å²) in [5.41, 5.74) is 0. The molecule has 7 heteroatoms. The van der Waals surface area contributed by atoms with Crippen LogP contribution in [-0.4, -0.2) is 33.4 Å². The third kappa shape index (κ3) is 4.95. The second-order valence-electron chi connectivity index (χ2n) is 6.41. The molecule has 0 radical (unpaired) electrons. The van der Waals surface area contributed by atoms with Crippen LogP contribution in [0.3, 0.4) is 0 Å². The van der Waals surface area contributed by atoms with Gasteiger partial charge in [0.2, 0.25) is 0 Å². The van der Waals surface area contributed by atoms with Gasteiger partial charge in [-0.2, -0.15) is 5.10 Å². The number of carbonyl (C=O) groups is 1. The Morgan fingerprint density at radius 3 is 2.92 bits per heavy atom. The summed E-state index contributed by atoms with van der Waals surface area (Å²) in [6.07, 6.45) is 10.9. The number of hydrogen-bond donors (Lipinski definition) is 2. The Labute approximate surface area is 147 Å². The summed E-state index contributed by atoms with van der Waals surface area (Å²) < 4.78 is 7.64. The van der Waals surface area contributed by atoms with Gasteiger partial charge in [-0.25, -0.2) is 9.48 Å². The molecule has 134 valence electrons. The van der Waals surface area contributed by atoms with E-state index >= 15 is 0 Å². The maximum atomic E-state index is 12.2. The van der Waals surface area contributed by atoms with Crippen molar-refractivity contribution in [2.24, 2.45) is 0 Å². The lowest BCUT2D eigenvalue weighted by atomic mass is 9.96. The van der Waals surface area contributed by atoms with E-state index in [1.165, 1.54) is 19.3 Å². The standard InChI is InChI=1S/C18H25N5O2/c1-14(25-16-8-5-10-19-13-16)12-20-18(24)22-17-9-11-21-23(17)15-6-3-2-4-7-15/h5,8-11,13-15H,2-4,6-7,12H2,1H3,(H2,20,22,24)/t14-/m0/s1. The van der Waals surface area contributed by atoms with E-state index in [9.17, 15) is 4.79 Å². The molecule has 2 aromatic rings. The average molecular weight is 343 g/mol. The Morgan fingerprint density at radius 1 is 1.32 bits per heavy atom. The summed E-state index contributed by atoms with van der Waals surface area (Å²) >= 11 is 0. The number of aromatic nitrogens is 3. The first-order valence-corrected chi connectivity index (χ1v) is 8.87. The maximum Gasteiger partial charge on any atom is 0.320 e. The Kier molecular flexibility index (Phi) is 5.87. The minimum atomic E-state index is -0.251. The number of amides is 2. The molecule has 1 aliphatic rings. The van der Waals surface area contributed by atoms with E-state index in [0.29, 0.717) is 18.3 Å². The highest BCUT2D eigenvalue weighted by atomic mass is 16.5. The van der Waals surface area contributed by atoms with Crippen LogP contribution in [0.15, 0.2) is 36.8 Å². The topological polar surface area (TPSA) is 81.1 Å². The Morgan fingerprint density at radius 2 is 2.16 bits per heavy atom. The highest BCUT2D eigenvalue weighted by molar-refractivity contribution is 5.88. The van der Waals surface area contributed by atoms with Gasteiger partial charge in [0.1, 0.15) is 17.7 Å². The van der Waals surface area contributed by atoms with Gasteiger partial charge < -0.3 is 10.1 Å². The largest absolute Gasteiger partial charge is 0.487 e. The first-order valence-electron chi connectivity index (χ1n) is 8.87. The van der Waals surface area contributed by atoms with Gasteiger partial charge in [-0.1, -0.05) is 19.3 Å². The minimum absolute atomic E-state index is 0.154. The third-order valence-electron chi connectivity index (χ3n) is 4.35. The summed E-state index contributed by atoms with van der Waals surface area (Å²) in [5, 5.41) is 10.1. The van der Waals surface area contributed by atoms with E-state index in [2.05, 4.69) is 20.7 Å². The van der Waals surface area contributed by atoms with Crippen LogP contribution >= 0.6 is 0 Å². The number of pyridine rings is 1. The zero-order chi connectivity index (χ0) is 17.5. The van der Waals surface area contributed by atoms with Crippen LogP contribution in [0.2, 0.25) is 0 Å². The van der Waals surface area contributed by atoms with E-state index in [-0.39, 0.29) is 12.1 Å². The second kappa shape index (κ2) is 8.50. The summed E-state index contributed by atoms with van der Waals surface area (Å²) in [7, 11) is 0. The molecule has 3 rings (SSSR count). The second-order valence-corrected chi connectivity index (χ2v) is 6.41. The zero-order valence-electron chi connectivity index (χ0n) is 14.5. The first kappa shape index (κ1) is 17.3. The normalized spacial score (nSPS) is 16.2. The van der Waals surface area contributed by atoms with Crippen molar-refractivity contribution in [1.29, 1.82) is 0 Å². The zero-order valence-corrected chi connectivity index (χ0v) is 14.5. The van der Waals surface area contributed by atoms with Crippen molar-refractivity contribution in [2.75, 3.05) is 11.9 Å². The molecule has 0 spiro atoms. The molecule has 1 saturated carbocycles. The highest BCUT2D eigenvalue weighted by Crippen LogP contribution is 2.29. The van der Waals surface area contributed by atoms with E-state index in [4.69, 9.17) is 4.74 Å². The number of ether oxygens (including phenoxy) is 1. The van der Waals surface area contributed by atoms with Gasteiger partial charge in [-0.3, -0.25) is 10.3 Å². The molecule has 0 aromatic carbocycles. The molecule has 2 aromatic heterocycles. The number of nitrogens with zero attached hydrogens (tertiary/aromatic N) is 3. The number of urea groups is 1. The fourth-order valence-electron chi connectivity index (χ4n) is 3.12. The molecule has 7 nitrogen and oxygen atoms in total. The molecular weight excluding hydrogens is 318 g/mol. The highest BCUT2D eigenvalue weighted by Gasteiger charge is 2.19. The lowest BCUT2D eigenvalue weighted by Crippen LogP contribution is -2.37. The van der Waals surface area contributed by atoms with Gasteiger partial charge in [0.15, 0.2) is 0 Å². The number of hydrogen-bond acceptors (Lipinski definition) is 4. The number of anilines is 1. The number of carbonyl (C=O) groups excluding carboxylic acids is 1. The monoisotopic (exact) mass is 343 g/mol. The molecule has 1 atom stereocenters. The quantitative estimate of drug-likeness (QED) is 0.842. The summed E-state index contributed by atoms with van der Waals surface area (Å²) in [5.74, 6) is 1.43. The van der Waals surface area contributed by atoms with Gasteiger partial charge in [-0.15, -0.1) is 0 Å². The van der Waals surface area contributed by atoms with Crippen molar-refractivity contribution in [3.8, 4) is 5.75 Å². The molecule has 2 N–H and O–H groups in total. The van der Waals surface area contributed by atoms with Crippen molar-refractivity contribution in [1.82, 2.24) is 20.1 Å². The Bertz CT molecular complexity index is 667. The van der Waals surface area contributed by atoms with Crippen molar-refractivity contribution in [2.45, 2.75) is 51.2 Å². The van der Waals surface area contributed by atoms with E-state index < -0.39 is 0 Å². The van der Waals surface area contributed by atoms with Gasteiger partial charge in [0, 0.05) is 12.3 Å². The molecule has 0 unspecified atom stereocenters. The molecule has 0 bridgehead atoms. The maximum absolute atomic E-state index is 12.2. The van der Waals surface area contributed by atoms with E-state index in [1.807, 2.05) is 29.8 Å². The van der Waals surface area contributed by atoms with Gasteiger partial charge in [-0.05, 0) is 31.9 Å². The van der Waals surface area contributed by atoms with Crippen molar-refractivity contribution in [3.05, 3.63) is 36.8 Å². The van der Waals surface area contributed by atoms with Crippen LogP contribution in [0.4, 0.5) is 10.6 Å². The van der Waals surface area contributed by atoms with Crippen LogP contribution in [0, 0.1) is 0 Å². The molecule has 1 aliphatic carbocycles. The number of rotatable bonds is 6. The van der Waals surface area contributed by atoms with Crippen molar-refractivity contribution < 1.29 is 9.53 Å². The van der Waals surface area contributed by atoms with Gasteiger partial charge in [0.05, 0.1) is 25.0 Å². The molecule has 25 heavy (non-hydrogen) atoms. The molecule has 0 saturated heterocycles. The molecule has 1 fully saturated rings. The van der Waals surface area contributed by atoms with E-state index in [1.54, 1.807) is 18.6 Å². The van der Waals surface area contributed by atoms with Crippen LogP contribution in [0.25, 0.3) is 0 Å². The predicted molar refractivity (Wildman–Crippen MR) is 95.7 cm³/mol. The first-order chi connectivity index (χ1) is 12.2. The molecule has 2 amide bonds. The fourth-order valence-corrected chi connectivity index (χ4v) is 3.12. The van der Waals surface area contributed by atoms with Gasteiger partial charge >= 0.3 is 6.03 Å². The van der Waals surface area contributed by atoms with Gasteiger partial charge in [0.25, 0.3) is 0 Å². The smallest absolute Gasteiger partial charge is 0.320 e. The van der Waals surface area contributed by atoms with Crippen LogP contribution < -0.4 is 15.4 Å². The third-order valence-corrected chi connectivity index (χ3v) is 4.35. The lowest BCUT2D eigenvalue weighted by Gasteiger charge is -2.24. The van der Waals surface area contributed by atoms with Crippen molar-refractivity contribution in [3.63, 3.8) is 0 Å². The molecule has 2 heterocycles. The summed E-state index contributed by atoms with van der Waals surface area (Å²) in [6.45, 7) is 2.30. The van der Waals surface area contributed by atoms with Crippen LogP contribution in [0.1, 0.15) is 45.1 Å². The predicted octanol–water partition coefficient (Wildman–Crippen LogP) is 3.37. The summed E-state index contributed by atoms with van der Waals surface area (Å²) in [6, 6.07) is 5.62. The Hall–Kier alpha value is -2.57. The van der Waals surface area contributed by atoms with Crippen molar-refractivity contribution >= 4 is 11.8 Å². The molecule has 0 aliphatic heterocycles. The average Bonchev–Trinajstić information content (AvgIpc) is 3.10. The van der Waals surface area contributed by atoms with Crippen LogP contribution in [0.5, 0.6) is 5.75 Å². The fraction of sp³-hybridized carbons (Fsp3) is 0.500. The SMILES string of the molecule is C[C@@H](CNC(=O)Nc1ccnn1C1CCCCC1)Oc1cccnc1. The molecular formula is C18H25N5O2. The summed E-state index contributed by atoms with van der Waals surface area (Å²) in [4.78, 5) is 16.2. The number of nitrogens with one attached hydrogen (secondary N) is 2. The lowest BCUT2D eigenvalue weighted by molar-refractivity contribution is 0.211. The van der Waals surface area contributed by atoms with E-state index in [0.717, 1.165) is 18.7 Å². The van der Waals surface area contributed by atoms with Crippen LogP contribution in [-0.2, 0) is 0 Å².